The van der Waals surface area contributed by atoms with Crippen molar-refractivity contribution in [2.24, 2.45) is 0 Å². The van der Waals surface area contributed by atoms with Crippen molar-refractivity contribution >= 4 is 17.6 Å². The topological polar surface area (TPSA) is 37.3 Å². The lowest BCUT2D eigenvalue weighted by atomic mass is 9.96. The summed E-state index contributed by atoms with van der Waals surface area (Å²) in [5.74, 6) is -1.72. The molecule has 86 valence electrons. The summed E-state index contributed by atoms with van der Waals surface area (Å²) in [6.45, 7) is 0. The van der Waals surface area contributed by atoms with Crippen LogP contribution in [0.15, 0.2) is 12.1 Å². The monoisotopic (exact) mass is 242 g/mol. The second kappa shape index (κ2) is 4.42. The average Bonchev–Trinajstić information content (AvgIpc) is 2.67. The first kappa shape index (κ1) is 11.4. The van der Waals surface area contributed by atoms with Gasteiger partial charge >= 0.3 is 5.97 Å². The molecule has 4 heteroatoms. The zero-order valence-corrected chi connectivity index (χ0v) is 9.43. The van der Waals surface area contributed by atoms with Gasteiger partial charge in [-0.2, -0.15) is 0 Å². The number of halogens is 2. The van der Waals surface area contributed by atoms with Crippen LogP contribution in [-0.2, 0) is 0 Å². The average molecular weight is 243 g/mol. The number of rotatable bonds is 2. The molecule has 1 aliphatic rings. The number of hydrogen-bond acceptors (Lipinski definition) is 1. The Hall–Kier alpha value is -1.09. The maximum Gasteiger partial charge on any atom is 0.340 e. The van der Waals surface area contributed by atoms with Gasteiger partial charge < -0.3 is 5.11 Å². The maximum atomic E-state index is 13.5. The summed E-state index contributed by atoms with van der Waals surface area (Å²) in [5.41, 5.74) is 0.397. The molecule has 0 atom stereocenters. The fraction of sp³-hybridized carbons (Fsp3) is 0.417. The van der Waals surface area contributed by atoms with Gasteiger partial charge in [-0.05, 0) is 36.5 Å². The van der Waals surface area contributed by atoms with Crippen molar-refractivity contribution in [3.05, 3.63) is 34.1 Å². The molecule has 0 spiro atoms. The molecule has 0 unspecified atom stereocenters. The van der Waals surface area contributed by atoms with Crippen molar-refractivity contribution in [3.8, 4) is 0 Å². The van der Waals surface area contributed by atoms with E-state index in [1.807, 2.05) is 0 Å². The van der Waals surface area contributed by atoms with E-state index in [4.69, 9.17) is 16.7 Å². The van der Waals surface area contributed by atoms with Crippen molar-refractivity contribution in [1.29, 1.82) is 0 Å². The molecular formula is C12H12ClFO2. The Morgan fingerprint density at radius 1 is 1.38 bits per heavy atom. The van der Waals surface area contributed by atoms with Crippen LogP contribution in [-0.4, -0.2) is 11.1 Å². The van der Waals surface area contributed by atoms with Crippen molar-refractivity contribution in [1.82, 2.24) is 0 Å². The molecule has 1 saturated carbocycles. The number of aromatic carboxylic acids is 1. The summed E-state index contributed by atoms with van der Waals surface area (Å²) in [4.78, 5) is 10.8. The van der Waals surface area contributed by atoms with Gasteiger partial charge in [0.15, 0.2) is 0 Å². The van der Waals surface area contributed by atoms with E-state index in [1.54, 1.807) is 6.07 Å². The third-order valence-corrected chi connectivity index (χ3v) is 3.40. The van der Waals surface area contributed by atoms with Gasteiger partial charge in [0.25, 0.3) is 0 Å². The summed E-state index contributed by atoms with van der Waals surface area (Å²) in [7, 11) is 0. The third kappa shape index (κ3) is 2.05. The van der Waals surface area contributed by atoms with E-state index in [0.29, 0.717) is 5.92 Å². The van der Waals surface area contributed by atoms with Gasteiger partial charge in [-0.15, -0.1) is 0 Å². The van der Waals surface area contributed by atoms with Crippen LogP contribution in [0.25, 0.3) is 0 Å². The number of hydrogen-bond donors (Lipinski definition) is 1. The molecule has 1 aromatic carbocycles. The van der Waals surface area contributed by atoms with Gasteiger partial charge in [0.1, 0.15) is 11.4 Å². The van der Waals surface area contributed by atoms with Gasteiger partial charge in [0.05, 0.1) is 5.02 Å². The van der Waals surface area contributed by atoms with Crippen LogP contribution >= 0.6 is 11.6 Å². The molecule has 1 aromatic rings. The van der Waals surface area contributed by atoms with Crippen LogP contribution in [0.4, 0.5) is 4.39 Å². The van der Waals surface area contributed by atoms with Gasteiger partial charge in [0, 0.05) is 0 Å². The summed E-state index contributed by atoms with van der Waals surface area (Å²) < 4.78 is 13.5. The summed E-state index contributed by atoms with van der Waals surface area (Å²) in [5, 5.41) is 8.77. The van der Waals surface area contributed by atoms with Crippen molar-refractivity contribution < 1.29 is 14.3 Å². The van der Waals surface area contributed by atoms with Crippen LogP contribution in [0, 0.1) is 5.82 Å². The molecule has 2 rings (SSSR count). The normalized spacial score (nSPS) is 16.6. The number of carbonyl (C=O) groups is 1. The Labute approximate surface area is 98.0 Å². The molecule has 0 radical (unpaired) electrons. The molecule has 0 saturated heterocycles. The second-order valence-electron chi connectivity index (χ2n) is 4.15. The Morgan fingerprint density at radius 3 is 2.50 bits per heavy atom. The Balaban J connectivity index is 2.40. The fourth-order valence-electron chi connectivity index (χ4n) is 2.29. The van der Waals surface area contributed by atoms with Gasteiger partial charge in [-0.3, -0.25) is 0 Å². The van der Waals surface area contributed by atoms with Crippen LogP contribution < -0.4 is 0 Å². The minimum absolute atomic E-state index is 0.00519. The predicted octanol–water partition coefficient (Wildman–Crippen LogP) is 3.83. The second-order valence-corrected chi connectivity index (χ2v) is 4.55. The summed E-state index contributed by atoms with van der Waals surface area (Å²) in [6.07, 6.45) is 4.35. The molecule has 16 heavy (non-hydrogen) atoms. The molecular weight excluding hydrogens is 231 g/mol. The lowest BCUT2D eigenvalue weighted by Crippen LogP contribution is -2.04. The van der Waals surface area contributed by atoms with E-state index >= 15 is 0 Å². The standard InChI is InChI=1S/C12H12ClFO2/c13-9-5-8(7-3-1-2-4-7)6-10(14)11(9)12(15)16/h5-7H,1-4H2,(H,15,16). The van der Waals surface area contributed by atoms with E-state index in [1.165, 1.54) is 6.07 Å². The summed E-state index contributed by atoms with van der Waals surface area (Å²) >= 11 is 5.79. The molecule has 0 bridgehead atoms. The molecule has 0 aliphatic heterocycles. The van der Waals surface area contributed by atoms with Gasteiger partial charge in [0.2, 0.25) is 0 Å². The lowest BCUT2D eigenvalue weighted by Gasteiger charge is -2.11. The van der Waals surface area contributed by atoms with Crippen molar-refractivity contribution in [2.75, 3.05) is 0 Å². The number of carboxylic acids is 1. The highest BCUT2D eigenvalue weighted by molar-refractivity contribution is 6.33. The SMILES string of the molecule is O=C(O)c1c(F)cc(C2CCCC2)cc1Cl. The summed E-state index contributed by atoms with van der Waals surface area (Å²) in [6, 6.07) is 2.90. The zero-order valence-electron chi connectivity index (χ0n) is 8.67. The molecule has 2 nitrogen and oxygen atoms in total. The Bertz CT molecular complexity index is 402. The highest BCUT2D eigenvalue weighted by atomic mass is 35.5. The third-order valence-electron chi connectivity index (χ3n) is 3.10. The highest BCUT2D eigenvalue weighted by Gasteiger charge is 2.22. The Kier molecular flexibility index (Phi) is 3.15. The molecule has 0 amide bonds. The van der Waals surface area contributed by atoms with E-state index in [0.717, 1.165) is 31.2 Å². The first-order valence-electron chi connectivity index (χ1n) is 5.32. The smallest absolute Gasteiger partial charge is 0.340 e. The lowest BCUT2D eigenvalue weighted by molar-refractivity contribution is 0.0692. The van der Waals surface area contributed by atoms with Crippen LogP contribution in [0.2, 0.25) is 5.02 Å². The van der Waals surface area contributed by atoms with E-state index < -0.39 is 17.3 Å². The van der Waals surface area contributed by atoms with Crippen LogP contribution in [0.3, 0.4) is 0 Å². The van der Waals surface area contributed by atoms with Crippen molar-refractivity contribution in [3.63, 3.8) is 0 Å². The molecule has 1 aliphatic carbocycles. The molecule has 1 fully saturated rings. The highest BCUT2D eigenvalue weighted by Crippen LogP contribution is 2.36. The molecule has 0 heterocycles. The van der Waals surface area contributed by atoms with E-state index in [9.17, 15) is 9.18 Å². The molecule has 0 aromatic heterocycles. The minimum atomic E-state index is -1.32. The first-order valence-corrected chi connectivity index (χ1v) is 5.69. The first-order chi connectivity index (χ1) is 7.59. The maximum absolute atomic E-state index is 13.5. The van der Waals surface area contributed by atoms with Crippen LogP contribution in [0.5, 0.6) is 0 Å². The van der Waals surface area contributed by atoms with Crippen LogP contribution in [0.1, 0.15) is 47.5 Å². The predicted molar refractivity (Wildman–Crippen MR) is 59.6 cm³/mol. The number of benzene rings is 1. The minimum Gasteiger partial charge on any atom is -0.478 e. The zero-order chi connectivity index (χ0) is 11.7. The molecule has 1 N–H and O–H groups in total. The quantitative estimate of drug-likeness (QED) is 0.856. The van der Waals surface area contributed by atoms with Gasteiger partial charge in [-0.25, -0.2) is 9.18 Å². The number of carboxylic acid groups (broad SMARTS) is 1. The van der Waals surface area contributed by atoms with E-state index in [2.05, 4.69) is 0 Å². The Morgan fingerprint density at radius 2 is 2.00 bits per heavy atom. The fourth-order valence-corrected chi connectivity index (χ4v) is 2.59. The van der Waals surface area contributed by atoms with E-state index in [-0.39, 0.29) is 5.02 Å². The largest absolute Gasteiger partial charge is 0.478 e. The van der Waals surface area contributed by atoms with Crippen molar-refractivity contribution in [2.45, 2.75) is 31.6 Å². The van der Waals surface area contributed by atoms with Gasteiger partial charge in [-0.1, -0.05) is 24.4 Å².